The standard InChI is InChI=1S/C74H49N/c1-5-21-50(22-6-1)51-37-40-56(41-38-51)75(58-43-45-64-62-31-13-17-33-67(62)73(72(64)49-58,54-25-9-3-10-26-54)55-27-11-4-12-28-55)57-42-44-59(52-23-7-2-8-24-52)65(48-57)53-39-46-71-66(47-53)63-32-16-20-36-70(63)74(71)68-34-18-14-29-60(68)61-30-15-19-35-69(61)74/h1-49H. The molecule has 0 aliphatic heterocycles. The van der Waals surface area contributed by atoms with Crippen molar-refractivity contribution in [2.45, 2.75) is 10.8 Å². The lowest BCUT2D eigenvalue weighted by Crippen LogP contribution is -2.28. The smallest absolute Gasteiger partial charge is 0.0725 e. The second-order valence-corrected chi connectivity index (χ2v) is 20.2. The first-order chi connectivity index (χ1) is 37.2. The summed E-state index contributed by atoms with van der Waals surface area (Å²) in [6.07, 6.45) is 0. The number of benzene rings is 12. The fourth-order valence-corrected chi connectivity index (χ4v) is 13.5. The summed E-state index contributed by atoms with van der Waals surface area (Å²) in [5, 5.41) is 0. The third-order valence-corrected chi connectivity index (χ3v) is 16.6. The van der Waals surface area contributed by atoms with Crippen molar-refractivity contribution in [1.82, 2.24) is 0 Å². The van der Waals surface area contributed by atoms with Crippen LogP contribution in [0.1, 0.15) is 44.5 Å². The zero-order valence-corrected chi connectivity index (χ0v) is 41.2. The van der Waals surface area contributed by atoms with Gasteiger partial charge in [0.2, 0.25) is 0 Å². The second kappa shape index (κ2) is 17.0. The first kappa shape index (κ1) is 43.1. The SMILES string of the molecule is c1ccc(-c2ccc(N(c3ccc(-c4ccccc4)c(-c4ccc5c(c4)-c4ccccc4C54c5ccccc5-c5ccccc54)c3)c3ccc4c(c3)C(c3ccccc3)(c3ccccc3)c3ccccc3-4)cc2)cc1. The third-order valence-electron chi connectivity index (χ3n) is 16.6. The van der Waals surface area contributed by atoms with E-state index in [1.54, 1.807) is 0 Å². The number of fused-ring (bicyclic) bond motifs is 13. The van der Waals surface area contributed by atoms with Gasteiger partial charge in [0.05, 0.1) is 10.8 Å². The quantitative estimate of drug-likeness (QED) is 0.147. The minimum absolute atomic E-state index is 0.410. The lowest BCUT2D eigenvalue weighted by molar-refractivity contribution is 0.768. The van der Waals surface area contributed by atoms with Gasteiger partial charge in [-0.25, -0.2) is 0 Å². The van der Waals surface area contributed by atoms with Crippen LogP contribution >= 0.6 is 0 Å². The Morgan fingerprint density at radius 3 is 1.11 bits per heavy atom. The summed E-state index contributed by atoms with van der Waals surface area (Å²) in [5.74, 6) is 0. The fraction of sp³-hybridized carbons (Fsp3) is 0.0270. The summed E-state index contributed by atoms with van der Waals surface area (Å²) >= 11 is 0. The van der Waals surface area contributed by atoms with Gasteiger partial charge in [-0.3, -0.25) is 0 Å². The molecule has 0 N–H and O–H groups in total. The van der Waals surface area contributed by atoms with Crippen LogP contribution in [0.5, 0.6) is 0 Å². The molecule has 0 fully saturated rings. The molecule has 0 saturated heterocycles. The van der Waals surface area contributed by atoms with Gasteiger partial charge in [0.15, 0.2) is 0 Å². The fourth-order valence-electron chi connectivity index (χ4n) is 13.5. The molecule has 12 aromatic rings. The first-order valence-electron chi connectivity index (χ1n) is 26.2. The van der Waals surface area contributed by atoms with E-state index >= 15 is 0 Å². The van der Waals surface area contributed by atoms with Gasteiger partial charge in [-0.2, -0.15) is 0 Å². The highest BCUT2D eigenvalue weighted by Crippen LogP contribution is 2.63. The van der Waals surface area contributed by atoms with Gasteiger partial charge in [0.25, 0.3) is 0 Å². The van der Waals surface area contributed by atoms with E-state index in [2.05, 4.69) is 302 Å². The molecule has 75 heavy (non-hydrogen) atoms. The molecule has 1 heteroatoms. The molecule has 0 aromatic heterocycles. The Morgan fingerprint density at radius 2 is 0.560 bits per heavy atom. The minimum atomic E-state index is -0.548. The predicted molar refractivity (Wildman–Crippen MR) is 311 cm³/mol. The highest BCUT2D eigenvalue weighted by Gasteiger charge is 2.52. The molecular formula is C74H49N. The summed E-state index contributed by atoms with van der Waals surface area (Å²) in [6.45, 7) is 0. The van der Waals surface area contributed by atoms with Gasteiger partial charge in [-0.15, -0.1) is 0 Å². The topological polar surface area (TPSA) is 3.24 Å². The van der Waals surface area contributed by atoms with E-state index in [1.807, 2.05) is 0 Å². The van der Waals surface area contributed by atoms with Crippen LogP contribution < -0.4 is 4.90 Å². The largest absolute Gasteiger partial charge is 0.310 e. The normalized spacial score (nSPS) is 13.5. The number of nitrogens with zero attached hydrogens (tertiary/aromatic N) is 1. The Morgan fingerprint density at radius 1 is 0.187 bits per heavy atom. The number of anilines is 3. The average molecular weight is 952 g/mol. The highest BCUT2D eigenvalue weighted by molar-refractivity contribution is 5.98. The number of hydrogen-bond acceptors (Lipinski definition) is 1. The Kier molecular flexibility index (Phi) is 9.77. The second-order valence-electron chi connectivity index (χ2n) is 20.2. The van der Waals surface area contributed by atoms with Crippen LogP contribution in [0, 0.1) is 0 Å². The van der Waals surface area contributed by atoms with Crippen molar-refractivity contribution in [3.8, 4) is 66.8 Å². The van der Waals surface area contributed by atoms with Gasteiger partial charge in [-0.1, -0.05) is 255 Å². The Balaban J connectivity index is 0.962. The van der Waals surface area contributed by atoms with Crippen molar-refractivity contribution in [3.05, 3.63) is 342 Å². The summed E-state index contributed by atoms with van der Waals surface area (Å²) in [6, 6.07) is 111. The van der Waals surface area contributed by atoms with Crippen LogP contribution in [-0.2, 0) is 10.8 Å². The minimum Gasteiger partial charge on any atom is -0.310 e. The molecule has 0 radical (unpaired) electrons. The van der Waals surface area contributed by atoms with Gasteiger partial charge in [0.1, 0.15) is 0 Å². The molecule has 0 bridgehead atoms. The molecule has 1 nitrogen and oxygen atoms in total. The number of hydrogen-bond donors (Lipinski definition) is 0. The van der Waals surface area contributed by atoms with Crippen molar-refractivity contribution in [2.24, 2.45) is 0 Å². The summed E-state index contributed by atoms with van der Waals surface area (Å²) < 4.78 is 0. The van der Waals surface area contributed by atoms with Crippen LogP contribution in [-0.4, -0.2) is 0 Å². The Labute approximate surface area is 439 Å². The molecule has 15 rings (SSSR count). The summed E-state index contributed by atoms with van der Waals surface area (Å²) in [7, 11) is 0. The van der Waals surface area contributed by atoms with E-state index < -0.39 is 10.8 Å². The molecule has 0 unspecified atom stereocenters. The van der Waals surface area contributed by atoms with Gasteiger partial charge in [0, 0.05) is 17.1 Å². The summed E-state index contributed by atoms with van der Waals surface area (Å²) in [4.78, 5) is 2.47. The van der Waals surface area contributed by atoms with Crippen molar-refractivity contribution in [1.29, 1.82) is 0 Å². The average Bonchev–Trinajstić information content (AvgIpc) is 4.31. The van der Waals surface area contributed by atoms with Crippen LogP contribution in [0.3, 0.4) is 0 Å². The van der Waals surface area contributed by atoms with Crippen LogP contribution in [0.2, 0.25) is 0 Å². The molecule has 0 amide bonds. The van der Waals surface area contributed by atoms with Crippen molar-refractivity contribution >= 4 is 17.1 Å². The van der Waals surface area contributed by atoms with Crippen LogP contribution in [0.25, 0.3) is 66.8 Å². The van der Waals surface area contributed by atoms with Gasteiger partial charge >= 0.3 is 0 Å². The van der Waals surface area contributed by atoms with Crippen molar-refractivity contribution in [2.75, 3.05) is 4.90 Å². The van der Waals surface area contributed by atoms with Crippen molar-refractivity contribution < 1.29 is 0 Å². The molecule has 1 spiro atoms. The Hall–Kier alpha value is -9.56. The molecule has 350 valence electrons. The maximum absolute atomic E-state index is 2.48. The van der Waals surface area contributed by atoms with Crippen LogP contribution in [0.15, 0.2) is 297 Å². The van der Waals surface area contributed by atoms with E-state index in [4.69, 9.17) is 0 Å². The van der Waals surface area contributed by atoms with Gasteiger partial charge in [-0.05, 0) is 154 Å². The molecule has 3 aliphatic carbocycles. The van der Waals surface area contributed by atoms with Gasteiger partial charge < -0.3 is 4.90 Å². The first-order valence-corrected chi connectivity index (χ1v) is 26.2. The van der Waals surface area contributed by atoms with Crippen LogP contribution in [0.4, 0.5) is 17.1 Å². The molecule has 0 atom stereocenters. The molecule has 0 heterocycles. The van der Waals surface area contributed by atoms with E-state index in [0.29, 0.717) is 0 Å². The predicted octanol–water partition coefficient (Wildman–Crippen LogP) is 18.9. The van der Waals surface area contributed by atoms with E-state index in [9.17, 15) is 0 Å². The number of rotatable bonds is 8. The Bertz CT molecular complexity index is 4070. The molecule has 0 saturated carbocycles. The highest BCUT2D eigenvalue weighted by atomic mass is 15.1. The maximum Gasteiger partial charge on any atom is 0.0725 e. The zero-order valence-electron chi connectivity index (χ0n) is 41.2. The van der Waals surface area contributed by atoms with E-state index in [0.717, 1.165) is 17.1 Å². The molecular weight excluding hydrogens is 903 g/mol. The molecule has 3 aliphatic rings. The lowest BCUT2D eigenvalue weighted by atomic mass is 9.67. The third kappa shape index (κ3) is 6.32. The maximum atomic E-state index is 2.48. The molecule has 12 aromatic carbocycles. The van der Waals surface area contributed by atoms with E-state index in [-0.39, 0.29) is 0 Å². The van der Waals surface area contributed by atoms with Crippen molar-refractivity contribution in [3.63, 3.8) is 0 Å². The monoisotopic (exact) mass is 951 g/mol. The zero-order chi connectivity index (χ0) is 49.5. The van der Waals surface area contributed by atoms with E-state index in [1.165, 1.54) is 111 Å². The lowest BCUT2D eigenvalue weighted by Gasteiger charge is -2.35. The summed E-state index contributed by atoms with van der Waals surface area (Å²) in [5.41, 5.74) is 27.6.